The van der Waals surface area contributed by atoms with Crippen molar-refractivity contribution in [2.45, 2.75) is 65.6 Å². The van der Waals surface area contributed by atoms with Crippen molar-refractivity contribution < 1.29 is 28.3 Å². The second kappa shape index (κ2) is 12.1. The Morgan fingerprint density at radius 1 is 1.03 bits per heavy atom. The van der Waals surface area contributed by atoms with E-state index in [1.807, 2.05) is 6.92 Å². The number of alkyl carbamates (subject to hydrolysis) is 1. The third-order valence-corrected chi connectivity index (χ3v) is 6.51. The molecule has 12 nitrogen and oxygen atoms in total. The number of carbonyl (C=O) groups excluding carboxylic acids is 4. The Labute approximate surface area is 220 Å². The van der Waals surface area contributed by atoms with Gasteiger partial charge in [-0.1, -0.05) is 45.4 Å². The van der Waals surface area contributed by atoms with Crippen LogP contribution in [0.5, 0.6) is 0 Å². The number of rotatable bonds is 9. The molecule has 3 rings (SSSR count). The van der Waals surface area contributed by atoms with E-state index in [1.165, 1.54) is 12.0 Å². The summed E-state index contributed by atoms with van der Waals surface area (Å²) in [6.07, 6.45) is 0.244. The molecule has 1 aliphatic rings. The van der Waals surface area contributed by atoms with Crippen LogP contribution in [-0.4, -0.2) is 70.2 Å². The predicted octanol–water partition coefficient (Wildman–Crippen LogP) is 1.83. The molecule has 3 atom stereocenters. The van der Waals surface area contributed by atoms with Crippen LogP contribution >= 0.6 is 0 Å². The number of carbonyl (C=O) groups is 4. The quantitative estimate of drug-likeness (QED) is 0.467. The van der Waals surface area contributed by atoms with E-state index in [1.54, 1.807) is 52.0 Å². The maximum Gasteiger partial charge on any atom is 0.442 e. The largest absolute Gasteiger partial charge is 0.453 e. The van der Waals surface area contributed by atoms with Gasteiger partial charge in [-0.3, -0.25) is 14.4 Å². The Balaban J connectivity index is 1.78. The molecule has 12 heteroatoms. The molecule has 2 heterocycles. The third kappa shape index (κ3) is 6.29. The normalized spacial score (nSPS) is 16.8. The molecule has 0 bridgehead atoms. The first-order valence-corrected chi connectivity index (χ1v) is 12.6. The Kier molecular flexibility index (Phi) is 9.08. The van der Waals surface area contributed by atoms with Crippen LogP contribution in [0.15, 0.2) is 33.5 Å². The summed E-state index contributed by atoms with van der Waals surface area (Å²) in [6.45, 7) is 9.27. The number of hydrogen-bond acceptors (Lipinski definition) is 8. The molecule has 2 N–H and O–H groups in total. The van der Waals surface area contributed by atoms with Gasteiger partial charge in [0.05, 0.1) is 18.8 Å². The summed E-state index contributed by atoms with van der Waals surface area (Å²) in [6, 6.07) is 4.22. The van der Waals surface area contributed by atoms with E-state index < -0.39 is 53.5 Å². The summed E-state index contributed by atoms with van der Waals surface area (Å²) in [7, 11) is 1.21. The molecule has 0 saturated carbocycles. The maximum atomic E-state index is 13.3. The van der Waals surface area contributed by atoms with Gasteiger partial charge in [0, 0.05) is 6.54 Å². The van der Waals surface area contributed by atoms with Crippen molar-refractivity contribution in [1.82, 2.24) is 25.3 Å². The first kappa shape index (κ1) is 28.6. The highest BCUT2D eigenvalue weighted by molar-refractivity contribution is 6.00. The summed E-state index contributed by atoms with van der Waals surface area (Å²) < 4.78 is 10.8. The number of methoxy groups -OCH3 is 1. The monoisotopic (exact) mass is 529 g/mol. The van der Waals surface area contributed by atoms with Crippen LogP contribution in [0.2, 0.25) is 0 Å². The zero-order chi connectivity index (χ0) is 28.1. The van der Waals surface area contributed by atoms with Crippen LogP contribution in [-0.2, 0) is 14.3 Å². The van der Waals surface area contributed by atoms with Crippen LogP contribution in [0.4, 0.5) is 4.79 Å². The van der Waals surface area contributed by atoms with Crippen molar-refractivity contribution in [1.29, 1.82) is 0 Å². The molecule has 1 aliphatic heterocycles. The number of benzene rings is 1. The molecule has 1 aromatic carbocycles. The molecule has 2 aromatic rings. The first-order valence-electron chi connectivity index (χ1n) is 12.6. The Bertz CT molecular complexity index is 1230. The summed E-state index contributed by atoms with van der Waals surface area (Å²) in [5.41, 5.74) is 1.43. The number of nitrogens with zero attached hydrogens (tertiary/aromatic N) is 3. The van der Waals surface area contributed by atoms with Gasteiger partial charge in [-0.2, -0.15) is 4.68 Å². The summed E-state index contributed by atoms with van der Waals surface area (Å²) in [5.74, 6) is -3.42. The van der Waals surface area contributed by atoms with Crippen molar-refractivity contribution >= 4 is 23.7 Å². The van der Waals surface area contributed by atoms with Gasteiger partial charge < -0.3 is 24.7 Å². The van der Waals surface area contributed by atoms with Crippen LogP contribution < -0.4 is 16.4 Å². The summed E-state index contributed by atoms with van der Waals surface area (Å²) in [5, 5.41) is 9.33. The highest BCUT2D eigenvalue weighted by Gasteiger charge is 2.40. The van der Waals surface area contributed by atoms with E-state index in [2.05, 4.69) is 20.5 Å². The number of likely N-dealkylation sites (tertiary alicyclic amines) is 1. The molecule has 38 heavy (non-hydrogen) atoms. The van der Waals surface area contributed by atoms with Gasteiger partial charge in [0.15, 0.2) is 0 Å². The Morgan fingerprint density at radius 3 is 2.24 bits per heavy atom. The number of amides is 3. The van der Waals surface area contributed by atoms with Gasteiger partial charge >= 0.3 is 11.8 Å². The fourth-order valence-corrected chi connectivity index (χ4v) is 4.33. The van der Waals surface area contributed by atoms with Crippen molar-refractivity contribution in [2.75, 3.05) is 13.7 Å². The van der Waals surface area contributed by atoms with Crippen LogP contribution in [0.3, 0.4) is 0 Å². The fourth-order valence-electron chi connectivity index (χ4n) is 4.33. The van der Waals surface area contributed by atoms with E-state index in [0.29, 0.717) is 25.1 Å². The molecule has 0 unspecified atom stereocenters. The molecule has 206 valence electrons. The van der Waals surface area contributed by atoms with Crippen molar-refractivity contribution in [3.63, 3.8) is 0 Å². The SMILES string of the molecule is COC(=O)N[C@H](C(=O)N1CCC[C@H]1C(=O)N[C@H](C(=O)c1nn(-c2ccc(C)cc2)c(=O)o1)C(C)C)C(C)C. The minimum Gasteiger partial charge on any atom is -0.453 e. The van der Waals surface area contributed by atoms with Crippen molar-refractivity contribution in [2.24, 2.45) is 11.8 Å². The second-order valence-corrected chi connectivity index (χ2v) is 10.1. The molecule has 1 aromatic heterocycles. The second-order valence-electron chi connectivity index (χ2n) is 10.1. The lowest BCUT2D eigenvalue weighted by Gasteiger charge is -2.31. The van der Waals surface area contributed by atoms with Gasteiger partial charge in [-0.15, -0.1) is 5.10 Å². The smallest absolute Gasteiger partial charge is 0.442 e. The molecular weight excluding hydrogens is 494 g/mol. The highest BCUT2D eigenvalue weighted by atomic mass is 16.5. The molecule has 1 saturated heterocycles. The van der Waals surface area contributed by atoms with E-state index in [9.17, 15) is 24.0 Å². The lowest BCUT2D eigenvalue weighted by Crippen LogP contribution is -2.57. The predicted molar refractivity (Wildman–Crippen MR) is 137 cm³/mol. The fraction of sp³-hybridized carbons (Fsp3) is 0.538. The topological polar surface area (TPSA) is 153 Å². The number of ketones is 1. The minimum atomic E-state index is -1.04. The average molecular weight is 530 g/mol. The standard InChI is InChI=1S/C26H35N5O7/c1-14(2)19(21(32)23-29-31(26(36)38-23)17-11-9-16(5)10-12-17)27-22(33)18-8-7-13-30(18)24(34)20(15(3)4)28-25(35)37-6/h9-12,14-15,18-20H,7-8,13H2,1-6H3,(H,27,33)(H,28,35)/t18-,19-,20-/m0/s1. The molecule has 1 fully saturated rings. The highest BCUT2D eigenvalue weighted by Crippen LogP contribution is 2.21. The number of hydrogen-bond donors (Lipinski definition) is 2. The van der Waals surface area contributed by atoms with Gasteiger partial charge in [-0.05, 0) is 43.7 Å². The third-order valence-electron chi connectivity index (χ3n) is 6.51. The number of nitrogens with one attached hydrogen (secondary N) is 2. The number of Topliss-reactive ketones (excluding diaryl/α,β-unsaturated/α-hetero) is 1. The first-order chi connectivity index (χ1) is 17.9. The van der Waals surface area contributed by atoms with Crippen molar-refractivity contribution in [3.8, 4) is 5.69 Å². The Hall–Kier alpha value is -3.96. The van der Waals surface area contributed by atoms with E-state index in [0.717, 1.165) is 10.2 Å². The van der Waals surface area contributed by atoms with Gasteiger partial charge in [-0.25, -0.2) is 9.59 Å². The molecule has 3 amide bonds. The van der Waals surface area contributed by atoms with Crippen LogP contribution in [0, 0.1) is 18.8 Å². The minimum absolute atomic E-state index is 0.248. The zero-order valence-electron chi connectivity index (χ0n) is 22.5. The lowest BCUT2D eigenvalue weighted by atomic mass is 9.98. The van der Waals surface area contributed by atoms with Gasteiger partial charge in [0.2, 0.25) is 17.6 Å². The summed E-state index contributed by atoms with van der Waals surface area (Å²) in [4.78, 5) is 65.5. The maximum absolute atomic E-state index is 13.3. The number of aromatic nitrogens is 2. The molecular formula is C26H35N5O7. The molecule has 0 radical (unpaired) electrons. The van der Waals surface area contributed by atoms with E-state index >= 15 is 0 Å². The van der Waals surface area contributed by atoms with Crippen LogP contribution in [0.25, 0.3) is 5.69 Å². The zero-order valence-corrected chi connectivity index (χ0v) is 22.5. The Morgan fingerprint density at radius 2 is 1.66 bits per heavy atom. The lowest BCUT2D eigenvalue weighted by molar-refractivity contribution is -0.141. The average Bonchev–Trinajstić information content (AvgIpc) is 3.52. The van der Waals surface area contributed by atoms with E-state index in [-0.39, 0.29) is 11.8 Å². The number of ether oxygens (including phenoxy) is 1. The van der Waals surface area contributed by atoms with Crippen LogP contribution in [0.1, 0.15) is 56.8 Å². The van der Waals surface area contributed by atoms with E-state index in [4.69, 9.17) is 4.42 Å². The number of aryl methyl sites for hydroxylation is 1. The van der Waals surface area contributed by atoms with Gasteiger partial charge in [0.25, 0.3) is 5.89 Å². The summed E-state index contributed by atoms with van der Waals surface area (Å²) >= 11 is 0. The van der Waals surface area contributed by atoms with Gasteiger partial charge in [0.1, 0.15) is 12.1 Å². The molecule has 0 spiro atoms. The van der Waals surface area contributed by atoms with Crippen molar-refractivity contribution in [3.05, 3.63) is 46.3 Å². The molecule has 0 aliphatic carbocycles.